The van der Waals surface area contributed by atoms with Crippen LogP contribution in [0, 0.1) is 13.8 Å². The lowest BCUT2D eigenvalue weighted by atomic mass is 10.1. The fourth-order valence-corrected chi connectivity index (χ4v) is 5.37. The van der Waals surface area contributed by atoms with Crippen molar-refractivity contribution in [3.8, 4) is 17.1 Å². The zero-order valence-corrected chi connectivity index (χ0v) is 19.8. The number of thioether (sulfide) groups is 1. The number of hydrogen-bond acceptors (Lipinski definition) is 6. The van der Waals surface area contributed by atoms with Crippen molar-refractivity contribution in [3.05, 3.63) is 47.8 Å². The lowest BCUT2D eigenvalue weighted by Crippen LogP contribution is -2.31. The van der Waals surface area contributed by atoms with Crippen LogP contribution < -0.4 is 0 Å². The first-order valence-electron chi connectivity index (χ1n) is 11.3. The minimum atomic E-state index is 0.853. The summed E-state index contributed by atoms with van der Waals surface area (Å²) in [7, 11) is 2.05. The van der Waals surface area contributed by atoms with Crippen LogP contribution in [-0.4, -0.2) is 59.8 Å². The van der Waals surface area contributed by atoms with Crippen LogP contribution in [0.4, 0.5) is 0 Å². The number of aryl methyl sites for hydroxylation is 2. The molecule has 1 aromatic carbocycles. The van der Waals surface area contributed by atoms with E-state index in [4.69, 9.17) is 10.1 Å². The third kappa shape index (κ3) is 4.04. The molecule has 0 unspecified atom stereocenters. The number of piperidine rings is 1. The summed E-state index contributed by atoms with van der Waals surface area (Å²) in [5, 5.41) is 15.9. The Hall–Kier alpha value is -2.71. The summed E-state index contributed by atoms with van der Waals surface area (Å²) in [6, 6.07) is 12.2. The minimum absolute atomic E-state index is 0.853. The Morgan fingerprint density at radius 2 is 1.78 bits per heavy atom. The summed E-state index contributed by atoms with van der Waals surface area (Å²) in [6.07, 6.45) is 4.02. The van der Waals surface area contributed by atoms with E-state index in [1.165, 1.54) is 32.4 Å². The number of hydrogen-bond donors (Lipinski definition) is 0. The van der Waals surface area contributed by atoms with Gasteiger partial charge in [0, 0.05) is 30.6 Å². The highest BCUT2D eigenvalue weighted by atomic mass is 32.2. The zero-order valence-electron chi connectivity index (χ0n) is 19.0. The molecule has 0 saturated carbocycles. The van der Waals surface area contributed by atoms with E-state index in [0.29, 0.717) is 0 Å². The largest absolute Gasteiger partial charge is 0.305 e. The number of benzene rings is 1. The van der Waals surface area contributed by atoms with Crippen LogP contribution in [0.2, 0.25) is 0 Å². The third-order valence-corrected chi connectivity index (χ3v) is 7.11. The molecule has 0 aliphatic carbocycles. The molecule has 0 radical (unpaired) electrons. The number of fused-ring (bicyclic) bond motifs is 1. The van der Waals surface area contributed by atoms with Crippen molar-refractivity contribution in [3.63, 3.8) is 0 Å². The fourth-order valence-electron chi connectivity index (χ4n) is 4.46. The maximum absolute atomic E-state index is 4.83. The normalized spacial score (nSPS) is 15.0. The second-order valence-corrected chi connectivity index (χ2v) is 9.52. The van der Waals surface area contributed by atoms with Crippen LogP contribution in [0.3, 0.4) is 0 Å². The van der Waals surface area contributed by atoms with Gasteiger partial charge in [0.1, 0.15) is 0 Å². The molecule has 4 heterocycles. The number of aromatic nitrogens is 6. The van der Waals surface area contributed by atoms with Gasteiger partial charge in [0.05, 0.1) is 16.8 Å². The monoisotopic (exact) mass is 447 g/mol. The molecule has 5 rings (SSSR count). The van der Waals surface area contributed by atoms with Gasteiger partial charge in [-0.25, -0.2) is 9.67 Å². The maximum Gasteiger partial charge on any atom is 0.191 e. The summed E-state index contributed by atoms with van der Waals surface area (Å²) in [5.41, 5.74) is 4.76. The van der Waals surface area contributed by atoms with Crippen molar-refractivity contribution in [1.29, 1.82) is 0 Å². The van der Waals surface area contributed by atoms with Crippen molar-refractivity contribution in [2.24, 2.45) is 7.05 Å². The molecule has 1 fully saturated rings. The SMILES string of the molecule is Cc1cc(-c2nnc(SCCN3CCCCC3)n2C)c2c(C)nn(-c3ccccc3)c2n1. The maximum atomic E-state index is 4.83. The van der Waals surface area contributed by atoms with Gasteiger partial charge < -0.3 is 9.47 Å². The van der Waals surface area contributed by atoms with Gasteiger partial charge in [-0.1, -0.05) is 36.4 Å². The molecule has 7 nitrogen and oxygen atoms in total. The molecule has 0 atom stereocenters. The second kappa shape index (κ2) is 9.03. The van der Waals surface area contributed by atoms with E-state index in [0.717, 1.165) is 57.0 Å². The molecule has 0 spiro atoms. The van der Waals surface area contributed by atoms with Crippen molar-refractivity contribution in [2.75, 3.05) is 25.4 Å². The highest BCUT2D eigenvalue weighted by Crippen LogP contribution is 2.32. The number of nitrogens with zero attached hydrogens (tertiary/aromatic N) is 7. The van der Waals surface area contributed by atoms with Crippen LogP contribution in [-0.2, 0) is 7.05 Å². The van der Waals surface area contributed by atoms with E-state index >= 15 is 0 Å². The van der Waals surface area contributed by atoms with E-state index in [1.807, 2.05) is 36.7 Å². The molecular weight excluding hydrogens is 418 g/mol. The summed E-state index contributed by atoms with van der Waals surface area (Å²) in [5.74, 6) is 1.89. The predicted octanol–water partition coefficient (Wildman–Crippen LogP) is 4.41. The van der Waals surface area contributed by atoms with Crippen LogP contribution >= 0.6 is 11.8 Å². The molecule has 1 saturated heterocycles. The first-order valence-corrected chi connectivity index (χ1v) is 12.3. The molecule has 0 N–H and O–H groups in total. The summed E-state index contributed by atoms with van der Waals surface area (Å²) in [6.45, 7) is 7.61. The highest BCUT2D eigenvalue weighted by Gasteiger charge is 2.21. The predicted molar refractivity (Wildman–Crippen MR) is 129 cm³/mol. The summed E-state index contributed by atoms with van der Waals surface area (Å²) >= 11 is 1.78. The molecular formula is C24H29N7S. The lowest BCUT2D eigenvalue weighted by molar-refractivity contribution is 0.242. The van der Waals surface area contributed by atoms with E-state index in [1.54, 1.807) is 11.8 Å². The average Bonchev–Trinajstić information content (AvgIpc) is 3.34. The second-order valence-electron chi connectivity index (χ2n) is 8.46. The summed E-state index contributed by atoms with van der Waals surface area (Å²) < 4.78 is 4.03. The van der Waals surface area contributed by atoms with Gasteiger partial charge in [0.2, 0.25) is 0 Å². The standard InChI is InChI=1S/C24H29N7S/c1-17-16-20(21-18(2)28-31(23(21)25-17)19-10-6-4-7-11-19)22-26-27-24(29(22)3)32-15-14-30-12-8-5-9-13-30/h4,6-7,10-11,16H,5,8-9,12-15H2,1-3H3. The summed E-state index contributed by atoms with van der Waals surface area (Å²) in [4.78, 5) is 7.39. The van der Waals surface area contributed by atoms with Gasteiger partial charge in [-0.05, 0) is 58.0 Å². The lowest BCUT2D eigenvalue weighted by Gasteiger charge is -2.25. The first kappa shape index (κ1) is 21.2. The fraction of sp³-hybridized carbons (Fsp3) is 0.417. The Morgan fingerprint density at radius 1 is 1.00 bits per heavy atom. The van der Waals surface area contributed by atoms with Gasteiger partial charge in [-0.2, -0.15) is 5.10 Å². The van der Waals surface area contributed by atoms with E-state index < -0.39 is 0 Å². The molecule has 8 heteroatoms. The number of pyridine rings is 1. The molecule has 0 amide bonds. The van der Waals surface area contributed by atoms with Crippen LogP contribution in [0.5, 0.6) is 0 Å². The minimum Gasteiger partial charge on any atom is -0.305 e. The molecule has 1 aliphatic heterocycles. The van der Waals surface area contributed by atoms with Crippen molar-refractivity contribution in [2.45, 2.75) is 38.3 Å². The van der Waals surface area contributed by atoms with Gasteiger partial charge >= 0.3 is 0 Å². The van der Waals surface area contributed by atoms with Gasteiger partial charge in [0.15, 0.2) is 16.6 Å². The van der Waals surface area contributed by atoms with Crippen molar-refractivity contribution >= 4 is 22.8 Å². The van der Waals surface area contributed by atoms with Crippen molar-refractivity contribution < 1.29 is 0 Å². The molecule has 3 aromatic heterocycles. The topological polar surface area (TPSA) is 64.7 Å². The van der Waals surface area contributed by atoms with E-state index in [-0.39, 0.29) is 0 Å². The smallest absolute Gasteiger partial charge is 0.191 e. The van der Waals surface area contributed by atoms with Gasteiger partial charge in [-0.3, -0.25) is 0 Å². The average molecular weight is 448 g/mol. The highest BCUT2D eigenvalue weighted by molar-refractivity contribution is 7.99. The Labute approximate surface area is 192 Å². The Kier molecular flexibility index (Phi) is 5.97. The van der Waals surface area contributed by atoms with E-state index in [2.05, 4.69) is 44.9 Å². The van der Waals surface area contributed by atoms with Gasteiger partial charge in [-0.15, -0.1) is 10.2 Å². The zero-order chi connectivity index (χ0) is 22.1. The number of para-hydroxylation sites is 1. The molecule has 166 valence electrons. The third-order valence-electron chi connectivity index (χ3n) is 6.10. The first-order chi connectivity index (χ1) is 15.6. The quantitative estimate of drug-likeness (QED) is 0.408. The van der Waals surface area contributed by atoms with Crippen LogP contribution in [0.1, 0.15) is 30.7 Å². The molecule has 0 bridgehead atoms. The Balaban J connectivity index is 1.46. The van der Waals surface area contributed by atoms with Crippen LogP contribution in [0.25, 0.3) is 28.1 Å². The molecule has 32 heavy (non-hydrogen) atoms. The Morgan fingerprint density at radius 3 is 2.56 bits per heavy atom. The molecule has 1 aliphatic rings. The van der Waals surface area contributed by atoms with Crippen LogP contribution in [0.15, 0.2) is 41.6 Å². The van der Waals surface area contributed by atoms with E-state index in [9.17, 15) is 0 Å². The number of likely N-dealkylation sites (tertiary alicyclic amines) is 1. The number of rotatable bonds is 6. The Bertz CT molecular complexity index is 1220. The molecule has 4 aromatic rings. The van der Waals surface area contributed by atoms with Gasteiger partial charge in [0.25, 0.3) is 0 Å². The van der Waals surface area contributed by atoms with Crippen molar-refractivity contribution in [1.82, 2.24) is 34.4 Å².